The molecular formula is C20H22BrNO4. The third-order valence-corrected chi connectivity index (χ3v) is 5.22. The van der Waals surface area contributed by atoms with E-state index < -0.39 is 5.54 Å². The number of carbonyl (C=O) groups excluding carboxylic acids is 1. The van der Waals surface area contributed by atoms with E-state index in [-0.39, 0.29) is 5.91 Å². The number of nitrogens with one attached hydrogen (secondary N) is 1. The smallest absolute Gasteiger partial charge is 0.252 e. The summed E-state index contributed by atoms with van der Waals surface area (Å²) in [6.07, 6.45) is 1.45. The van der Waals surface area contributed by atoms with Gasteiger partial charge in [-0.1, -0.05) is 28.1 Å². The van der Waals surface area contributed by atoms with E-state index in [9.17, 15) is 4.79 Å². The first-order valence-electron chi connectivity index (χ1n) is 8.46. The molecule has 1 fully saturated rings. The van der Waals surface area contributed by atoms with Crippen LogP contribution < -0.4 is 14.8 Å². The van der Waals surface area contributed by atoms with E-state index in [2.05, 4.69) is 27.3 Å². The summed E-state index contributed by atoms with van der Waals surface area (Å²) >= 11 is 3.52. The molecule has 0 aromatic heterocycles. The van der Waals surface area contributed by atoms with Crippen molar-refractivity contribution in [2.75, 3.05) is 27.4 Å². The third-order valence-electron chi connectivity index (χ3n) is 4.72. The number of amides is 1. The topological polar surface area (TPSA) is 56.8 Å². The maximum Gasteiger partial charge on any atom is 0.252 e. The van der Waals surface area contributed by atoms with Crippen LogP contribution in [-0.4, -0.2) is 33.3 Å². The molecule has 0 bridgehead atoms. The molecule has 1 N–H and O–H groups in total. The van der Waals surface area contributed by atoms with Crippen LogP contribution in [0.3, 0.4) is 0 Å². The minimum absolute atomic E-state index is 0.146. The zero-order chi connectivity index (χ0) is 18.6. The van der Waals surface area contributed by atoms with Gasteiger partial charge in [-0.15, -0.1) is 0 Å². The first-order chi connectivity index (χ1) is 12.6. The Bertz CT molecular complexity index is 787. The Hall–Kier alpha value is -2.05. The van der Waals surface area contributed by atoms with E-state index in [1.807, 2.05) is 18.2 Å². The van der Waals surface area contributed by atoms with E-state index in [0.717, 1.165) is 22.9 Å². The van der Waals surface area contributed by atoms with Crippen molar-refractivity contribution in [1.82, 2.24) is 5.32 Å². The molecular weight excluding hydrogens is 398 g/mol. The second-order valence-electron chi connectivity index (χ2n) is 6.23. The number of carbonyl (C=O) groups is 1. The zero-order valence-corrected chi connectivity index (χ0v) is 16.5. The molecule has 1 amide bonds. The van der Waals surface area contributed by atoms with Crippen LogP contribution in [0.5, 0.6) is 11.5 Å². The van der Waals surface area contributed by atoms with Crippen molar-refractivity contribution < 1.29 is 19.0 Å². The van der Waals surface area contributed by atoms with Gasteiger partial charge in [0.05, 0.1) is 19.8 Å². The maximum absolute atomic E-state index is 13.0. The van der Waals surface area contributed by atoms with Crippen molar-refractivity contribution in [3.8, 4) is 11.5 Å². The zero-order valence-electron chi connectivity index (χ0n) is 14.9. The van der Waals surface area contributed by atoms with Crippen LogP contribution >= 0.6 is 15.9 Å². The summed E-state index contributed by atoms with van der Waals surface area (Å²) in [7, 11) is 3.13. The lowest BCUT2D eigenvalue weighted by molar-refractivity contribution is 0.0345. The van der Waals surface area contributed by atoms with E-state index >= 15 is 0 Å². The number of hydrogen-bond acceptors (Lipinski definition) is 4. The highest BCUT2D eigenvalue weighted by molar-refractivity contribution is 9.10. The van der Waals surface area contributed by atoms with Crippen LogP contribution in [0, 0.1) is 0 Å². The lowest BCUT2D eigenvalue weighted by atomic mass is 9.82. The lowest BCUT2D eigenvalue weighted by Crippen LogP contribution is -2.49. The molecule has 5 nitrogen and oxygen atoms in total. The number of rotatable bonds is 5. The summed E-state index contributed by atoms with van der Waals surface area (Å²) in [5.41, 5.74) is 1.15. The van der Waals surface area contributed by atoms with Crippen molar-refractivity contribution in [3.63, 3.8) is 0 Å². The summed E-state index contributed by atoms with van der Waals surface area (Å²) in [5.74, 6) is 0.980. The Morgan fingerprint density at radius 2 is 1.81 bits per heavy atom. The van der Waals surface area contributed by atoms with E-state index in [1.165, 1.54) is 0 Å². The normalized spacial score (nSPS) is 16.0. The Balaban J connectivity index is 1.91. The summed E-state index contributed by atoms with van der Waals surface area (Å²) in [6.45, 7) is 1.22. The highest BCUT2D eigenvalue weighted by Gasteiger charge is 2.36. The largest absolute Gasteiger partial charge is 0.493 e. The van der Waals surface area contributed by atoms with E-state index in [0.29, 0.717) is 30.3 Å². The number of benzene rings is 2. The molecule has 0 aliphatic carbocycles. The second-order valence-corrected chi connectivity index (χ2v) is 7.14. The fourth-order valence-corrected chi connectivity index (χ4v) is 3.66. The molecule has 6 heteroatoms. The maximum atomic E-state index is 13.0. The van der Waals surface area contributed by atoms with Crippen molar-refractivity contribution >= 4 is 21.8 Å². The fourth-order valence-electron chi connectivity index (χ4n) is 3.26. The Labute approximate surface area is 161 Å². The van der Waals surface area contributed by atoms with E-state index in [4.69, 9.17) is 14.2 Å². The van der Waals surface area contributed by atoms with Gasteiger partial charge in [-0.25, -0.2) is 0 Å². The van der Waals surface area contributed by atoms with Crippen molar-refractivity contribution in [2.24, 2.45) is 0 Å². The minimum Gasteiger partial charge on any atom is -0.493 e. The molecule has 1 aliphatic heterocycles. The van der Waals surface area contributed by atoms with Crippen LogP contribution in [0.25, 0.3) is 0 Å². The van der Waals surface area contributed by atoms with Crippen molar-refractivity contribution in [2.45, 2.75) is 18.4 Å². The number of halogens is 1. The lowest BCUT2D eigenvalue weighted by Gasteiger charge is -2.38. The third kappa shape index (κ3) is 3.86. The Morgan fingerprint density at radius 3 is 2.46 bits per heavy atom. The highest BCUT2D eigenvalue weighted by atomic mass is 79.9. The van der Waals surface area contributed by atoms with Gasteiger partial charge in [-0.05, 0) is 48.7 Å². The van der Waals surface area contributed by atoms with Gasteiger partial charge in [0, 0.05) is 23.2 Å². The molecule has 0 saturated carbocycles. The predicted molar refractivity (Wildman–Crippen MR) is 103 cm³/mol. The van der Waals surface area contributed by atoms with Gasteiger partial charge in [0.15, 0.2) is 11.5 Å². The molecule has 1 saturated heterocycles. The summed E-state index contributed by atoms with van der Waals surface area (Å²) in [4.78, 5) is 13.0. The van der Waals surface area contributed by atoms with Crippen LogP contribution in [0.15, 0.2) is 46.9 Å². The average Bonchev–Trinajstić information content (AvgIpc) is 2.68. The number of hydrogen-bond donors (Lipinski definition) is 1. The standard InChI is InChI=1S/C20H22BrNO4/c1-24-17-7-6-14(12-18(17)25-2)19(23)22-20(8-10-26-11-9-20)15-4-3-5-16(21)13-15/h3-7,12-13H,8-11H2,1-2H3,(H,22,23). The van der Waals surface area contributed by atoms with Gasteiger partial charge in [0.2, 0.25) is 0 Å². The summed E-state index contributed by atoms with van der Waals surface area (Å²) in [5, 5.41) is 3.24. The summed E-state index contributed by atoms with van der Waals surface area (Å²) in [6, 6.07) is 13.2. The molecule has 26 heavy (non-hydrogen) atoms. The first-order valence-corrected chi connectivity index (χ1v) is 9.25. The van der Waals surface area contributed by atoms with Gasteiger partial charge in [0.1, 0.15) is 0 Å². The summed E-state index contributed by atoms with van der Waals surface area (Å²) < 4.78 is 17.1. The van der Waals surface area contributed by atoms with Gasteiger partial charge < -0.3 is 19.5 Å². The fraction of sp³-hybridized carbons (Fsp3) is 0.350. The van der Waals surface area contributed by atoms with Gasteiger partial charge in [-0.2, -0.15) is 0 Å². The van der Waals surface area contributed by atoms with E-state index in [1.54, 1.807) is 32.4 Å². The molecule has 3 rings (SSSR count). The van der Waals surface area contributed by atoms with Gasteiger partial charge in [0.25, 0.3) is 5.91 Å². The van der Waals surface area contributed by atoms with Crippen LogP contribution in [0.1, 0.15) is 28.8 Å². The molecule has 1 heterocycles. The monoisotopic (exact) mass is 419 g/mol. The molecule has 1 aliphatic rings. The molecule has 2 aromatic carbocycles. The first kappa shape index (κ1) is 18.7. The van der Waals surface area contributed by atoms with Gasteiger partial charge >= 0.3 is 0 Å². The van der Waals surface area contributed by atoms with Crippen LogP contribution in [-0.2, 0) is 10.3 Å². The molecule has 0 spiro atoms. The van der Waals surface area contributed by atoms with Gasteiger partial charge in [-0.3, -0.25) is 4.79 Å². The van der Waals surface area contributed by atoms with Crippen LogP contribution in [0.2, 0.25) is 0 Å². The van der Waals surface area contributed by atoms with Crippen molar-refractivity contribution in [3.05, 3.63) is 58.1 Å². The predicted octanol–water partition coefficient (Wildman–Crippen LogP) is 3.90. The molecule has 0 radical (unpaired) electrons. The molecule has 0 unspecified atom stereocenters. The second kappa shape index (κ2) is 8.10. The number of ether oxygens (including phenoxy) is 3. The highest BCUT2D eigenvalue weighted by Crippen LogP contribution is 2.34. The molecule has 2 aromatic rings. The Kier molecular flexibility index (Phi) is 5.84. The SMILES string of the molecule is COc1ccc(C(=O)NC2(c3cccc(Br)c3)CCOCC2)cc1OC. The minimum atomic E-state index is -0.452. The Morgan fingerprint density at radius 1 is 1.08 bits per heavy atom. The average molecular weight is 420 g/mol. The van der Waals surface area contributed by atoms with Crippen molar-refractivity contribution in [1.29, 1.82) is 0 Å². The molecule has 138 valence electrons. The number of methoxy groups -OCH3 is 2. The molecule has 0 atom stereocenters. The van der Waals surface area contributed by atoms with Crippen LogP contribution in [0.4, 0.5) is 0 Å². The quantitative estimate of drug-likeness (QED) is 0.797.